The van der Waals surface area contributed by atoms with Crippen LogP contribution in [-0.2, 0) is 0 Å². The number of hydrogen-bond acceptors (Lipinski definition) is 0. The average molecular weight is 419 g/mol. The van der Waals surface area contributed by atoms with E-state index in [2.05, 4.69) is 6.92 Å². The van der Waals surface area contributed by atoms with Crippen LogP contribution in [0.3, 0.4) is 0 Å². The van der Waals surface area contributed by atoms with Crippen molar-refractivity contribution in [2.24, 2.45) is 17.8 Å². The summed E-state index contributed by atoms with van der Waals surface area (Å²) in [5.74, 6) is 1.66. The lowest BCUT2D eigenvalue weighted by atomic mass is 9.63. The average Bonchev–Trinajstić information content (AvgIpc) is 2.73. The van der Waals surface area contributed by atoms with Crippen LogP contribution in [0.5, 0.6) is 0 Å². The predicted octanol–water partition coefficient (Wildman–Crippen LogP) is 9.04. The van der Waals surface area contributed by atoms with Gasteiger partial charge in [0, 0.05) is 0 Å². The van der Waals surface area contributed by atoms with E-state index in [4.69, 9.17) is 11.6 Å². The maximum Gasteiger partial charge on any atom is 0.152 e. The van der Waals surface area contributed by atoms with Crippen LogP contribution < -0.4 is 0 Å². The molecule has 4 rings (SSSR count). The molecule has 29 heavy (non-hydrogen) atoms. The summed E-state index contributed by atoms with van der Waals surface area (Å²) in [4.78, 5) is 0. The van der Waals surface area contributed by atoms with E-state index in [1.54, 1.807) is 12.1 Å². The third kappa shape index (κ3) is 4.48. The second kappa shape index (κ2) is 9.33. The van der Waals surface area contributed by atoms with Crippen molar-refractivity contribution in [1.29, 1.82) is 0 Å². The molecular formula is C26H33ClF2. The van der Waals surface area contributed by atoms with E-state index >= 15 is 0 Å². The van der Waals surface area contributed by atoms with Gasteiger partial charge in [0.05, 0.1) is 10.4 Å². The van der Waals surface area contributed by atoms with E-state index in [0.29, 0.717) is 11.3 Å². The molecule has 0 radical (unpaired) electrons. The molecule has 3 heteroatoms. The van der Waals surface area contributed by atoms with Crippen molar-refractivity contribution >= 4 is 22.4 Å². The highest BCUT2D eigenvalue weighted by Crippen LogP contribution is 2.50. The molecule has 2 saturated carbocycles. The first-order chi connectivity index (χ1) is 14.1. The molecule has 0 heterocycles. The van der Waals surface area contributed by atoms with Gasteiger partial charge in [0.15, 0.2) is 5.82 Å². The zero-order valence-electron chi connectivity index (χ0n) is 17.5. The largest absolute Gasteiger partial charge is 0.206 e. The zero-order chi connectivity index (χ0) is 20.4. The third-order valence-corrected chi connectivity index (χ3v) is 8.03. The monoisotopic (exact) mass is 418 g/mol. The van der Waals surface area contributed by atoms with E-state index in [0.717, 1.165) is 36.2 Å². The lowest BCUT2D eigenvalue weighted by Gasteiger charge is -2.42. The Morgan fingerprint density at radius 3 is 2.59 bits per heavy atom. The van der Waals surface area contributed by atoms with Gasteiger partial charge in [-0.3, -0.25) is 0 Å². The normalized spacial score (nSPS) is 27.2. The lowest BCUT2D eigenvalue weighted by Crippen LogP contribution is -2.30. The molecular weight excluding hydrogens is 386 g/mol. The molecule has 0 nitrogen and oxygen atoms in total. The van der Waals surface area contributed by atoms with Crippen molar-refractivity contribution in [3.05, 3.63) is 46.5 Å². The predicted molar refractivity (Wildman–Crippen MR) is 119 cm³/mol. The van der Waals surface area contributed by atoms with Crippen LogP contribution in [0.1, 0.15) is 89.0 Å². The van der Waals surface area contributed by atoms with Gasteiger partial charge in [0.2, 0.25) is 0 Å². The summed E-state index contributed by atoms with van der Waals surface area (Å²) in [6, 6.07) is 6.67. The van der Waals surface area contributed by atoms with Gasteiger partial charge < -0.3 is 0 Å². The number of hydrogen-bond donors (Lipinski definition) is 0. The summed E-state index contributed by atoms with van der Waals surface area (Å²) in [5, 5.41) is 0.786. The van der Waals surface area contributed by atoms with E-state index in [1.807, 2.05) is 6.07 Å². The fourth-order valence-electron chi connectivity index (χ4n) is 6.05. The minimum absolute atomic E-state index is 0.0264. The number of benzene rings is 2. The quantitative estimate of drug-likeness (QED) is 0.410. The number of unbranched alkanes of at least 4 members (excludes halogenated alkanes) is 3. The summed E-state index contributed by atoms with van der Waals surface area (Å²) in [6.45, 7) is 2.27. The van der Waals surface area contributed by atoms with Gasteiger partial charge in [-0.1, -0.05) is 69.2 Å². The van der Waals surface area contributed by atoms with Crippen molar-refractivity contribution in [3.8, 4) is 0 Å². The van der Waals surface area contributed by atoms with Crippen LogP contribution in [0.4, 0.5) is 8.78 Å². The van der Waals surface area contributed by atoms with Gasteiger partial charge in [0.25, 0.3) is 0 Å². The molecule has 0 N–H and O–H groups in total. The van der Waals surface area contributed by atoms with Crippen LogP contribution >= 0.6 is 11.6 Å². The van der Waals surface area contributed by atoms with Crippen LogP contribution in [0.25, 0.3) is 10.8 Å². The highest BCUT2D eigenvalue weighted by atomic mass is 35.5. The van der Waals surface area contributed by atoms with Crippen LogP contribution in [-0.4, -0.2) is 0 Å². The molecule has 158 valence electrons. The smallest absolute Gasteiger partial charge is 0.152 e. The molecule has 0 aromatic heterocycles. The van der Waals surface area contributed by atoms with Crippen molar-refractivity contribution < 1.29 is 8.78 Å². The number of halogens is 3. The molecule has 0 saturated heterocycles. The Bertz CT molecular complexity index is 846. The van der Waals surface area contributed by atoms with Gasteiger partial charge in [-0.2, -0.15) is 0 Å². The summed E-state index contributed by atoms with van der Waals surface area (Å²) >= 11 is 6.42. The standard InChI is InChI=1S/C26H33ClF2/c1-2-3-4-5-7-17-10-11-19-15-20(13-12-18(19)14-17)22-16-21-8-6-9-23(28)24(21)26(29)25(22)27/h6,8-9,16-20H,2-5,7,10-15H2,1H3. The highest BCUT2D eigenvalue weighted by molar-refractivity contribution is 6.32. The van der Waals surface area contributed by atoms with Crippen LogP contribution in [0.2, 0.25) is 5.02 Å². The molecule has 0 bridgehead atoms. The van der Waals surface area contributed by atoms with Gasteiger partial charge in [-0.25, -0.2) is 8.78 Å². The van der Waals surface area contributed by atoms with Crippen LogP contribution in [0, 0.1) is 29.4 Å². The number of fused-ring (bicyclic) bond motifs is 2. The topological polar surface area (TPSA) is 0 Å². The van der Waals surface area contributed by atoms with E-state index in [9.17, 15) is 8.78 Å². The minimum atomic E-state index is -0.588. The van der Waals surface area contributed by atoms with Gasteiger partial charge in [-0.15, -0.1) is 0 Å². The summed E-state index contributed by atoms with van der Waals surface area (Å²) in [7, 11) is 0. The summed E-state index contributed by atoms with van der Waals surface area (Å²) in [5.41, 5.74) is 0.891. The Morgan fingerprint density at radius 2 is 1.76 bits per heavy atom. The Morgan fingerprint density at radius 1 is 0.966 bits per heavy atom. The van der Waals surface area contributed by atoms with E-state index < -0.39 is 11.6 Å². The molecule has 2 fully saturated rings. The first-order valence-corrected chi connectivity index (χ1v) is 12.0. The molecule has 0 amide bonds. The van der Waals surface area contributed by atoms with Gasteiger partial charge in [0.1, 0.15) is 5.82 Å². The fraction of sp³-hybridized carbons (Fsp3) is 0.615. The van der Waals surface area contributed by atoms with Crippen molar-refractivity contribution in [3.63, 3.8) is 0 Å². The first kappa shape index (κ1) is 21.1. The lowest BCUT2D eigenvalue weighted by molar-refractivity contribution is 0.113. The Labute approximate surface area is 179 Å². The Balaban J connectivity index is 1.44. The number of rotatable bonds is 6. The second-order valence-electron chi connectivity index (χ2n) is 9.49. The highest BCUT2D eigenvalue weighted by Gasteiger charge is 2.36. The summed E-state index contributed by atoms with van der Waals surface area (Å²) in [6.07, 6.45) is 14.3. The van der Waals surface area contributed by atoms with Crippen molar-refractivity contribution in [2.75, 3.05) is 0 Å². The molecule has 4 unspecified atom stereocenters. The van der Waals surface area contributed by atoms with E-state index in [-0.39, 0.29) is 10.4 Å². The molecule has 2 aromatic carbocycles. The maximum absolute atomic E-state index is 14.9. The zero-order valence-corrected chi connectivity index (χ0v) is 18.3. The molecule has 4 atom stereocenters. The molecule has 0 spiro atoms. The second-order valence-corrected chi connectivity index (χ2v) is 9.87. The molecule has 2 aliphatic rings. The van der Waals surface area contributed by atoms with Gasteiger partial charge >= 0.3 is 0 Å². The van der Waals surface area contributed by atoms with E-state index in [1.165, 1.54) is 63.9 Å². The van der Waals surface area contributed by atoms with Gasteiger partial charge in [-0.05, 0) is 78.9 Å². The SMILES string of the molecule is CCCCCCC1CCC2CC(c3cc4cccc(F)c4c(F)c3Cl)CCC2C1. The maximum atomic E-state index is 14.9. The Kier molecular flexibility index (Phi) is 6.79. The third-order valence-electron chi connectivity index (χ3n) is 7.65. The first-order valence-electron chi connectivity index (χ1n) is 11.6. The minimum Gasteiger partial charge on any atom is -0.206 e. The van der Waals surface area contributed by atoms with Crippen molar-refractivity contribution in [1.82, 2.24) is 0 Å². The molecule has 2 aromatic rings. The van der Waals surface area contributed by atoms with Crippen molar-refractivity contribution in [2.45, 2.75) is 83.5 Å². The molecule has 0 aliphatic heterocycles. The Hall–Kier alpha value is -1.15. The molecule has 2 aliphatic carbocycles. The van der Waals surface area contributed by atoms with Crippen LogP contribution in [0.15, 0.2) is 24.3 Å². The fourth-order valence-corrected chi connectivity index (χ4v) is 6.35. The summed E-state index contributed by atoms with van der Waals surface area (Å²) < 4.78 is 29.0.